The number of carbonyl (C=O) groups excluding carboxylic acids is 1. The molecule has 2 atom stereocenters. The molecule has 0 fully saturated rings. The first-order valence-corrected chi connectivity index (χ1v) is 9.34. The van der Waals surface area contributed by atoms with Gasteiger partial charge in [-0.1, -0.05) is 0 Å². The van der Waals surface area contributed by atoms with Crippen LogP contribution in [0.5, 0.6) is 0 Å². The van der Waals surface area contributed by atoms with Crippen molar-refractivity contribution in [3.8, 4) is 0 Å². The van der Waals surface area contributed by atoms with Crippen LogP contribution in [0.2, 0.25) is 0 Å². The van der Waals surface area contributed by atoms with Crippen molar-refractivity contribution in [1.82, 2.24) is 0 Å². The van der Waals surface area contributed by atoms with E-state index in [2.05, 4.69) is 20.9 Å². The predicted octanol–water partition coefficient (Wildman–Crippen LogP) is 4.67. The molecule has 0 unspecified atom stereocenters. The van der Waals surface area contributed by atoms with E-state index in [0.29, 0.717) is 4.37 Å². The molecule has 2 rings (SSSR count). The number of aliphatic imine (C=N–C) groups is 1. The summed E-state index contributed by atoms with van der Waals surface area (Å²) in [5.74, 6) is -1.51. The number of alkyl halides is 3. The Labute approximate surface area is 170 Å². The molecule has 0 bridgehead atoms. The molecule has 0 radical (unpaired) electrons. The quantitative estimate of drug-likeness (QED) is 0.481. The van der Waals surface area contributed by atoms with Crippen molar-refractivity contribution in [2.45, 2.75) is 64.0 Å². The van der Waals surface area contributed by atoms with Crippen LogP contribution in [0.25, 0.3) is 0 Å². The summed E-state index contributed by atoms with van der Waals surface area (Å²) in [6.45, 7) is 8.02. The van der Waals surface area contributed by atoms with Crippen LogP contribution in [0.1, 0.15) is 46.5 Å². The number of nitrogens with zero attached hydrogens (tertiary/aromatic N) is 1. The first kappa shape index (κ1) is 23.0. The molecule has 0 aliphatic carbocycles. The van der Waals surface area contributed by atoms with E-state index in [1.54, 1.807) is 20.8 Å². The molecule has 1 aromatic heterocycles. The number of halogens is 5. The topological polar surface area (TPSA) is 47.9 Å². The summed E-state index contributed by atoms with van der Waals surface area (Å²) in [6.07, 6.45) is -5.54. The van der Waals surface area contributed by atoms with E-state index in [1.807, 2.05) is 0 Å². The number of rotatable bonds is 3. The Morgan fingerprint density at radius 2 is 1.93 bits per heavy atom. The van der Waals surface area contributed by atoms with Gasteiger partial charge in [0, 0.05) is 0 Å². The molecule has 1 aliphatic heterocycles. The molecule has 10 heteroatoms. The van der Waals surface area contributed by atoms with Gasteiger partial charge in [0.15, 0.2) is 0 Å². The average Bonchev–Trinajstić information content (AvgIpc) is 2.50. The van der Waals surface area contributed by atoms with Crippen LogP contribution >= 0.6 is 15.9 Å². The fourth-order valence-electron chi connectivity index (χ4n) is 2.82. The Balaban J connectivity index is 2.54. The van der Waals surface area contributed by atoms with Crippen molar-refractivity contribution >= 4 is 34.5 Å². The van der Waals surface area contributed by atoms with Crippen LogP contribution in [0.4, 0.5) is 17.6 Å². The van der Waals surface area contributed by atoms with Crippen molar-refractivity contribution in [1.29, 1.82) is 0 Å². The Morgan fingerprint density at radius 1 is 1.32 bits per heavy atom. The van der Waals surface area contributed by atoms with Crippen molar-refractivity contribution in [3.63, 3.8) is 0 Å². The van der Waals surface area contributed by atoms with E-state index in [1.165, 1.54) is 26.0 Å². The summed E-state index contributed by atoms with van der Waals surface area (Å²) >= 11 is 3.22. The number of hydrogen-bond donors (Lipinski definition) is 0. The van der Waals surface area contributed by atoms with Crippen molar-refractivity contribution in [2.75, 3.05) is 6.61 Å². The van der Waals surface area contributed by atoms with Crippen molar-refractivity contribution < 1.29 is 31.8 Å². The van der Waals surface area contributed by atoms with Gasteiger partial charge in [-0.15, -0.1) is 0 Å². The molecule has 0 saturated carbocycles. The summed E-state index contributed by atoms with van der Waals surface area (Å²) in [5, 5.41) is 0. The Hall–Kier alpha value is -1.29. The van der Waals surface area contributed by atoms with Crippen molar-refractivity contribution in [3.05, 3.63) is 27.8 Å². The van der Waals surface area contributed by atoms with Crippen LogP contribution in [0, 0.1) is 5.82 Å². The second kappa shape index (κ2) is 7.52. The van der Waals surface area contributed by atoms with Gasteiger partial charge in [0.05, 0.1) is 0 Å². The second-order valence-electron chi connectivity index (χ2n) is 8.04. The zero-order chi connectivity index (χ0) is 21.5. The molecule has 4 nitrogen and oxygen atoms in total. The average molecular weight is 466 g/mol. The normalized spacial score (nSPS) is 25.9. The Kier molecular flexibility index (Phi) is 6.17. The number of carbonyl (C=O) groups is 1. The summed E-state index contributed by atoms with van der Waals surface area (Å²) in [7, 11) is 0. The van der Waals surface area contributed by atoms with Gasteiger partial charge in [-0.2, -0.15) is 0 Å². The van der Waals surface area contributed by atoms with Gasteiger partial charge in [0.25, 0.3) is 0 Å². The molecule has 1 aromatic rings. The standard InChI is InChI=1S/C18H21BBrF4NO3/c1-15(2,3)28-13(26)8-11-17(5,18(22,23)24)27-9-16(4,25-11)14-10(21)6-7-12(20)19-14/h6-7H,8-9H2,1-5H3/t16-,17+/m0/s1. The fraction of sp³-hybridized carbons (Fsp3) is 0.611. The Morgan fingerprint density at radius 3 is 2.46 bits per heavy atom. The third-order valence-electron chi connectivity index (χ3n) is 4.36. The third-order valence-corrected chi connectivity index (χ3v) is 4.85. The van der Waals surface area contributed by atoms with Gasteiger partial charge < -0.3 is 0 Å². The van der Waals surface area contributed by atoms with E-state index in [9.17, 15) is 22.4 Å². The second-order valence-corrected chi connectivity index (χ2v) is 8.96. The number of ether oxygens (including phenoxy) is 2. The predicted molar refractivity (Wildman–Crippen MR) is 101 cm³/mol. The summed E-state index contributed by atoms with van der Waals surface area (Å²) in [4.78, 5) is 16.4. The van der Waals surface area contributed by atoms with Crippen LogP contribution in [0.3, 0.4) is 0 Å². The molecule has 0 amide bonds. The molecule has 154 valence electrons. The molecule has 0 N–H and O–H groups in total. The van der Waals surface area contributed by atoms with E-state index < -0.39 is 53.4 Å². The minimum atomic E-state index is -4.81. The maximum atomic E-state index is 14.4. The molecule has 1 aliphatic rings. The molecule has 28 heavy (non-hydrogen) atoms. The first-order valence-electron chi connectivity index (χ1n) is 8.55. The number of hydrogen-bond acceptors (Lipinski definition) is 4. The molecule has 0 saturated heterocycles. The zero-order valence-electron chi connectivity index (χ0n) is 16.2. The van der Waals surface area contributed by atoms with Gasteiger partial charge in [0.1, 0.15) is 0 Å². The summed E-state index contributed by atoms with van der Waals surface area (Å²) < 4.78 is 66.4. The summed E-state index contributed by atoms with van der Waals surface area (Å²) in [6, 6.07) is 2.66. The van der Waals surface area contributed by atoms with Gasteiger partial charge in [0.2, 0.25) is 0 Å². The van der Waals surface area contributed by atoms with E-state index in [-0.39, 0.29) is 5.46 Å². The minimum absolute atomic E-state index is 0.0628. The van der Waals surface area contributed by atoms with Crippen LogP contribution < -0.4 is 0 Å². The van der Waals surface area contributed by atoms with Crippen LogP contribution in [-0.4, -0.2) is 42.6 Å². The monoisotopic (exact) mass is 465 g/mol. The SMILES string of the molecule is CC(C)(C)OC(=O)CC1=N[C@](C)(c2bc(Br)ccc2F)CO[C@@]1(C)C(F)(F)F. The molecule has 2 heterocycles. The molecular weight excluding hydrogens is 445 g/mol. The first-order chi connectivity index (χ1) is 12.6. The third kappa shape index (κ3) is 4.82. The molecule has 0 aromatic carbocycles. The fourth-order valence-corrected chi connectivity index (χ4v) is 3.18. The van der Waals surface area contributed by atoms with Crippen LogP contribution in [-0.2, 0) is 19.8 Å². The van der Waals surface area contributed by atoms with Gasteiger partial charge >= 0.3 is 170 Å². The summed E-state index contributed by atoms with van der Waals surface area (Å²) in [5.41, 5.74) is -5.57. The zero-order valence-corrected chi connectivity index (χ0v) is 17.8. The van der Waals surface area contributed by atoms with Crippen molar-refractivity contribution in [2.24, 2.45) is 4.99 Å². The van der Waals surface area contributed by atoms with E-state index >= 15 is 0 Å². The molecular formula is C18H21BBrF4NO3. The van der Waals surface area contributed by atoms with Gasteiger partial charge in [-0.25, -0.2) is 0 Å². The number of esters is 1. The van der Waals surface area contributed by atoms with Crippen LogP contribution in [0.15, 0.2) is 21.5 Å². The molecule has 0 spiro atoms. The van der Waals surface area contributed by atoms with E-state index in [0.717, 1.165) is 6.92 Å². The van der Waals surface area contributed by atoms with Gasteiger partial charge in [-0.05, 0) is 0 Å². The van der Waals surface area contributed by atoms with Gasteiger partial charge in [-0.3, -0.25) is 0 Å². The van der Waals surface area contributed by atoms with E-state index in [4.69, 9.17) is 9.47 Å². The maximum absolute atomic E-state index is 14.4. The Bertz CT molecular complexity index is 809.